The van der Waals surface area contributed by atoms with Crippen molar-refractivity contribution in [3.8, 4) is 0 Å². The Morgan fingerprint density at radius 3 is 1.94 bits per heavy atom. The number of hydrogen-bond donors (Lipinski definition) is 0. The van der Waals surface area contributed by atoms with E-state index in [-0.39, 0.29) is 20.7 Å². The van der Waals surface area contributed by atoms with Crippen molar-refractivity contribution in [3.05, 3.63) is 32.9 Å². The maximum absolute atomic E-state index is 11.8. The van der Waals surface area contributed by atoms with Gasteiger partial charge in [0, 0.05) is 18.7 Å². The summed E-state index contributed by atoms with van der Waals surface area (Å²) in [5.74, 6) is -1.16. The number of rotatable bonds is 4. The maximum Gasteiger partial charge on any atom is 0.218 e. The minimum Gasteiger partial charge on any atom is -0.378 e. The van der Waals surface area contributed by atoms with Gasteiger partial charge in [-0.2, -0.15) is 0 Å². The minimum atomic E-state index is -0.623. The first-order valence-corrected chi connectivity index (χ1v) is 6.54. The van der Waals surface area contributed by atoms with Crippen molar-refractivity contribution in [2.45, 2.75) is 13.8 Å². The molecule has 0 radical (unpaired) electrons. The van der Waals surface area contributed by atoms with Crippen molar-refractivity contribution >= 4 is 46.4 Å². The Morgan fingerprint density at radius 1 is 0.944 bits per heavy atom. The SMILES string of the molecule is CCN(C=CC1=C(Cl)C(=O)C(Cl)=C(Cl)C1=O)CC. The summed E-state index contributed by atoms with van der Waals surface area (Å²) in [6, 6.07) is 0. The molecule has 0 saturated carbocycles. The maximum atomic E-state index is 11.8. The van der Waals surface area contributed by atoms with Crippen LogP contribution in [0.15, 0.2) is 32.9 Å². The molecular formula is C12H12Cl3NO2. The highest BCUT2D eigenvalue weighted by molar-refractivity contribution is 6.64. The molecule has 0 aromatic carbocycles. The van der Waals surface area contributed by atoms with E-state index in [0.29, 0.717) is 0 Å². The number of hydrogen-bond acceptors (Lipinski definition) is 3. The number of ketones is 2. The lowest BCUT2D eigenvalue weighted by Crippen LogP contribution is -2.19. The second-order valence-corrected chi connectivity index (χ2v) is 4.68. The van der Waals surface area contributed by atoms with Crippen molar-refractivity contribution in [3.63, 3.8) is 0 Å². The molecule has 0 aromatic rings. The standard InChI is InChI=1S/C12H12Cl3NO2/c1-3-16(4-2)6-5-7-8(13)12(18)10(15)9(14)11(7)17/h5-6H,3-4H2,1-2H3. The van der Waals surface area contributed by atoms with Gasteiger partial charge in [0.1, 0.15) is 15.1 Å². The van der Waals surface area contributed by atoms with Gasteiger partial charge in [0.15, 0.2) is 0 Å². The summed E-state index contributed by atoms with van der Waals surface area (Å²) >= 11 is 17.1. The first-order chi connectivity index (χ1) is 8.43. The van der Waals surface area contributed by atoms with E-state index in [9.17, 15) is 9.59 Å². The monoisotopic (exact) mass is 307 g/mol. The van der Waals surface area contributed by atoms with Crippen LogP contribution < -0.4 is 0 Å². The largest absolute Gasteiger partial charge is 0.378 e. The highest BCUT2D eigenvalue weighted by atomic mass is 35.5. The van der Waals surface area contributed by atoms with E-state index in [1.165, 1.54) is 6.08 Å². The van der Waals surface area contributed by atoms with E-state index in [1.807, 2.05) is 18.7 Å². The summed E-state index contributed by atoms with van der Waals surface area (Å²) in [6.07, 6.45) is 3.19. The molecule has 0 atom stereocenters. The summed E-state index contributed by atoms with van der Waals surface area (Å²) in [5.41, 5.74) is 0.0722. The van der Waals surface area contributed by atoms with Crippen LogP contribution in [0, 0.1) is 0 Å². The predicted octanol–water partition coefficient (Wildman–Crippen LogP) is 3.18. The number of Topliss-reactive ketones (excluding diaryl/α,β-unsaturated/α-hetero) is 2. The molecule has 3 nitrogen and oxygen atoms in total. The zero-order chi connectivity index (χ0) is 13.9. The van der Waals surface area contributed by atoms with Crippen LogP contribution in [0.2, 0.25) is 0 Å². The van der Waals surface area contributed by atoms with Crippen molar-refractivity contribution in [1.82, 2.24) is 4.90 Å². The van der Waals surface area contributed by atoms with Gasteiger partial charge < -0.3 is 4.90 Å². The van der Waals surface area contributed by atoms with Gasteiger partial charge in [-0.25, -0.2) is 0 Å². The third kappa shape index (κ3) is 2.97. The van der Waals surface area contributed by atoms with Gasteiger partial charge in [-0.05, 0) is 26.1 Å². The molecule has 0 bridgehead atoms. The Hall–Kier alpha value is -0.770. The summed E-state index contributed by atoms with van der Waals surface area (Å²) in [6.45, 7) is 5.51. The van der Waals surface area contributed by atoms with Crippen LogP contribution in [-0.2, 0) is 9.59 Å². The summed E-state index contributed by atoms with van der Waals surface area (Å²) in [7, 11) is 0. The Balaban J connectivity index is 3.09. The Bertz CT molecular complexity index is 474. The first kappa shape index (κ1) is 15.3. The van der Waals surface area contributed by atoms with Crippen LogP contribution in [0.5, 0.6) is 0 Å². The average Bonchev–Trinajstić information content (AvgIpc) is 2.38. The lowest BCUT2D eigenvalue weighted by Gasteiger charge is -2.16. The lowest BCUT2D eigenvalue weighted by atomic mass is 10.0. The lowest BCUT2D eigenvalue weighted by molar-refractivity contribution is -0.115. The summed E-state index contributed by atoms with van der Waals surface area (Å²) in [5, 5.41) is -0.810. The van der Waals surface area contributed by atoms with E-state index in [0.717, 1.165) is 13.1 Å². The van der Waals surface area contributed by atoms with Crippen molar-refractivity contribution in [2.24, 2.45) is 0 Å². The molecule has 0 saturated heterocycles. The molecule has 18 heavy (non-hydrogen) atoms. The molecule has 0 aromatic heterocycles. The summed E-state index contributed by atoms with van der Waals surface area (Å²) in [4.78, 5) is 25.4. The molecule has 0 aliphatic heterocycles. The summed E-state index contributed by atoms with van der Waals surface area (Å²) < 4.78 is 0. The van der Waals surface area contributed by atoms with Crippen LogP contribution in [0.25, 0.3) is 0 Å². The van der Waals surface area contributed by atoms with E-state index in [1.54, 1.807) is 6.20 Å². The fourth-order valence-electron chi connectivity index (χ4n) is 1.40. The van der Waals surface area contributed by atoms with Crippen LogP contribution in [0.1, 0.15) is 13.8 Å². The third-order valence-electron chi connectivity index (χ3n) is 2.54. The predicted molar refractivity (Wildman–Crippen MR) is 73.7 cm³/mol. The van der Waals surface area contributed by atoms with Gasteiger partial charge in [0.2, 0.25) is 11.6 Å². The zero-order valence-corrected chi connectivity index (χ0v) is 12.2. The van der Waals surface area contributed by atoms with Gasteiger partial charge in [-0.1, -0.05) is 34.8 Å². The van der Waals surface area contributed by atoms with Crippen molar-refractivity contribution in [1.29, 1.82) is 0 Å². The fourth-order valence-corrected chi connectivity index (χ4v) is 2.06. The number of carbonyl (C=O) groups is 2. The molecule has 6 heteroatoms. The second kappa shape index (κ2) is 6.41. The van der Waals surface area contributed by atoms with Gasteiger partial charge >= 0.3 is 0 Å². The van der Waals surface area contributed by atoms with Crippen LogP contribution >= 0.6 is 34.8 Å². The quantitative estimate of drug-likeness (QED) is 0.749. The number of carbonyl (C=O) groups excluding carboxylic acids is 2. The molecule has 1 aliphatic rings. The van der Waals surface area contributed by atoms with E-state index in [4.69, 9.17) is 34.8 Å². The molecule has 0 spiro atoms. The van der Waals surface area contributed by atoms with Gasteiger partial charge in [0.05, 0.1) is 0 Å². The smallest absolute Gasteiger partial charge is 0.218 e. The Labute approximate surface area is 121 Å². The molecule has 1 rings (SSSR count). The minimum absolute atomic E-state index is 0.0722. The van der Waals surface area contributed by atoms with Crippen LogP contribution in [0.3, 0.4) is 0 Å². The topological polar surface area (TPSA) is 37.4 Å². The molecular weight excluding hydrogens is 296 g/mol. The molecule has 1 aliphatic carbocycles. The molecule has 0 amide bonds. The highest BCUT2D eigenvalue weighted by Crippen LogP contribution is 2.31. The first-order valence-electron chi connectivity index (χ1n) is 5.40. The van der Waals surface area contributed by atoms with E-state index < -0.39 is 11.6 Å². The van der Waals surface area contributed by atoms with E-state index >= 15 is 0 Å². The molecule has 0 heterocycles. The zero-order valence-electron chi connectivity index (χ0n) is 9.97. The van der Waals surface area contributed by atoms with Crippen LogP contribution in [0.4, 0.5) is 0 Å². The molecule has 0 fully saturated rings. The van der Waals surface area contributed by atoms with Gasteiger partial charge in [0.25, 0.3) is 0 Å². The fraction of sp³-hybridized carbons (Fsp3) is 0.333. The number of allylic oxidation sites excluding steroid dienone is 5. The number of nitrogens with zero attached hydrogens (tertiary/aromatic N) is 1. The highest BCUT2D eigenvalue weighted by Gasteiger charge is 2.30. The second-order valence-electron chi connectivity index (χ2n) is 3.55. The third-order valence-corrected chi connectivity index (χ3v) is 3.73. The number of halogens is 3. The average molecular weight is 309 g/mol. The van der Waals surface area contributed by atoms with Gasteiger partial charge in [-0.15, -0.1) is 0 Å². The van der Waals surface area contributed by atoms with E-state index in [2.05, 4.69) is 0 Å². The molecule has 0 N–H and O–H groups in total. The van der Waals surface area contributed by atoms with Gasteiger partial charge in [-0.3, -0.25) is 9.59 Å². The van der Waals surface area contributed by atoms with Crippen LogP contribution in [-0.4, -0.2) is 29.6 Å². The van der Waals surface area contributed by atoms with Crippen molar-refractivity contribution < 1.29 is 9.59 Å². The normalized spacial score (nSPS) is 17.2. The molecule has 0 unspecified atom stereocenters. The Morgan fingerprint density at radius 2 is 1.44 bits per heavy atom. The molecule has 98 valence electrons. The Kier molecular flexibility index (Phi) is 5.45. The van der Waals surface area contributed by atoms with Crippen molar-refractivity contribution in [2.75, 3.05) is 13.1 Å².